The van der Waals surface area contributed by atoms with E-state index < -0.39 is 10.0 Å². The average molecular weight is 325 g/mol. The SMILES string of the molecule is C=CCN(CCOC)S(=O)(=O)c1cnc(Cl)c(Cl)c1. The molecule has 0 atom stereocenters. The Bertz CT molecular complexity index is 549. The number of pyridine rings is 1. The summed E-state index contributed by atoms with van der Waals surface area (Å²) in [5.74, 6) is 0. The molecule has 106 valence electrons. The van der Waals surface area contributed by atoms with Crippen LogP contribution in [0.3, 0.4) is 0 Å². The van der Waals surface area contributed by atoms with Gasteiger partial charge in [0.25, 0.3) is 0 Å². The van der Waals surface area contributed by atoms with Crippen LogP contribution in [0.1, 0.15) is 0 Å². The maximum atomic E-state index is 12.4. The number of hydrogen-bond donors (Lipinski definition) is 0. The Morgan fingerprint density at radius 1 is 1.53 bits per heavy atom. The van der Waals surface area contributed by atoms with Crippen molar-refractivity contribution in [1.29, 1.82) is 0 Å². The Balaban J connectivity index is 3.10. The van der Waals surface area contributed by atoms with Gasteiger partial charge < -0.3 is 4.74 Å². The van der Waals surface area contributed by atoms with Gasteiger partial charge in [-0.25, -0.2) is 13.4 Å². The fourth-order valence-corrected chi connectivity index (χ4v) is 3.04. The molecule has 0 aliphatic rings. The van der Waals surface area contributed by atoms with Crippen LogP contribution in [0.25, 0.3) is 0 Å². The molecular weight excluding hydrogens is 311 g/mol. The van der Waals surface area contributed by atoms with E-state index in [-0.39, 0.29) is 34.8 Å². The van der Waals surface area contributed by atoms with Crippen LogP contribution in [-0.2, 0) is 14.8 Å². The molecule has 8 heteroatoms. The predicted molar refractivity (Wildman–Crippen MR) is 75.1 cm³/mol. The smallest absolute Gasteiger partial charge is 0.245 e. The third-order valence-corrected chi connectivity index (χ3v) is 4.80. The highest BCUT2D eigenvalue weighted by Crippen LogP contribution is 2.24. The summed E-state index contributed by atoms with van der Waals surface area (Å²) in [4.78, 5) is 3.72. The molecule has 5 nitrogen and oxygen atoms in total. The molecule has 0 radical (unpaired) electrons. The summed E-state index contributed by atoms with van der Waals surface area (Å²) in [6.07, 6.45) is 2.67. The van der Waals surface area contributed by atoms with Crippen molar-refractivity contribution in [2.24, 2.45) is 0 Å². The predicted octanol–water partition coefficient (Wildman–Crippen LogP) is 2.21. The molecule has 0 aliphatic heterocycles. The van der Waals surface area contributed by atoms with Gasteiger partial charge >= 0.3 is 0 Å². The number of ether oxygens (including phenoxy) is 1. The Morgan fingerprint density at radius 3 is 2.74 bits per heavy atom. The lowest BCUT2D eigenvalue weighted by molar-refractivity contribution is 0.182. The second-order valence-electron chi connectivity index (χ2n) is 3.59. The molecule has 0 bridgehead atoms. The van der Waals surface area contributed by atoms with Crippen LogP contribution in [0.5, 0.6) is 0 Å². The van der Waals surface area contributed by atoms with E-state index in [1.165, 1.54) is 29.8 Å². The molecule has 0 unspecified atom stereocenters. The number of nitrogens with zero attached hydrogens (tertiary/aromatic N) is 2. The van der Waals surface area contributed by atoms with E-state index in [2.05, 4.69) is 11.6 Å². The van der Waals surface area contributed by atoms with E-state index >= 15 is 0 Å². The van der Waals surface area contributed by atoms with Gasteiger partial charge in [-0.15, -0.1) is 6.58 Å². The Labute approximate surface area is 122 Å². The van der Waals surface area contributed by atoms with E-state index in [0.29, 0.717) is 0 Å². The van der Waals surface area contributed by atoms with Crippen molar-refractivity contribution in [3.05, 3.63) is 35.1 Å². The van der Waals surface area contributed by atoms with E-state index in [0.717, 1.165) is 0 Å². The Kier molecular flexibility index (Phi) is 6.22. The minimum atomic E-state index is -3.70. The van der Waals surface area contributed by atoms with E-state index in [1.807, 2.05) is 0 Å². The summed E-state index contributed by atoms with van der Waals surface area (Å²) in [5.41, 5.74) is 0. The highest BCUT2D eigenvalue weighted by atomic mass is 35.5. The van der Waals surface area contributed by atoms with E-state index in [4.69, 9.17) is 27.9 Å². The fourth-order valence-electron chi connectivity index (χ4n) is 1.34. The first-order chi connectivity index (χ1) is 8.93. The minimum Gasteiger partial charge on any atom is -0.383 e. The molecule has 1 aromatic rings. The van der Waals surface area contributed by atoms with Crippen LogP contribution in [-0.4, -0.2) is 44.5 Å². The maximum Gasteiger partial charge on any atom is 0.245 e. The van der Waals surface area contributed by atoms with Crippen molar-refractivity contribution in [2.45, 2.75) is 4.90 Å². The first-order valence-corrected chi connectivity index (χ1v) is 7.54. The number of hydrogen-bond acceptors (Lipinski definition) is 4. The zero-order valence-electron chi connectivity index (χ0n) is 10.3. The summed E-state index contributed by atoms with van der Waals surface area (Å²) in [5, 5.41) is 0.154. The highest BCUT2D eigenvalue weighted by Gasteiger charge is 2.24. The monoisotopic (exact) mass is 324 g/mol. The van der Waals surface area contributed by atoms with Crippen LogP contribution in [0.15, 0.2) is 29.8 Å². The molecule has 0 spiro atoms. The topological polar surface area (TPSA) is 59.5 Å². The molecule has 1 heterocycles. The Morgan fingerprint density at radius 2 is 2.21 bits per heavy atom. The second kappa shape index (κ2) is 7.21. The molecule has 0 aromatic carbocycles. The third-order valence-electron chi connectivity index (χ3n) is 2.29. The molecule has 1 aromatic heterocycles. The second-order valence-corrected chi connectivity index (χ2v) is 6.29. The number of rotatable bonds is 7. The van der Waals surface area contributed by atoms with Crippen LogP contribution in [0, 0.1) is 0 Å². The molecule has 0 aliphatic carbocycles. The number of methoxy groups -OCH3 is 1. The molecule has 0 N–H and O–H groups in total. The molecule has 0 saturated carbocycles. The highest BCUT2D eigenvalue weighted by molar-refractivity contribution is 7.89. The lowest BCUT2D eigenvalue weighted by Crippen LogP contribution is -2.34. The van der Waals surface area contributed by atoms with Gasteiger partial charge in [0.15, 0.2) is 0 Å². The molecule has 1 rings (SSSR count). The van der Waals surface area contributed by atoms with Crippen LogP contribution in [0.2, 0.25) is 10.2 Å². The molecule has 19 heavy (non-hydrogen) atoms. The van der Waals surface area contributed by atoms with Gasteiger partial charge in [-0.1, -0.05) is 29.3 Å². The Hall–Kier alpha value is -0.660. The quantitative estimate of drug-likeness (QED) is 0.570. The number of aromatic nitrogens is 1. The largest absolute Gasteiger partial charge is 0.383 e. The van der Waals surface area contributed by atoms with Crippen molar-refractivity contribution in [3.63, 3.8) is 0 Å². The first-order valence-electron chi connectivity index (χ1n) is 5.34. The van der Waals surface area contributed by atoms with Gasteiger partial charge in [-0.3, -0.25) is 0 Å². The van der Waals surface area contributed by atoms with Crippen molar-refractivity contribution in [1.82, 2.24) is 9.29 Å². The van der Waals surface area contributed by atoms with Crippen LogP contribution >= 0.6 is 23.2 Å². The van der Waals surface area contributed by atoms with E-state index in [1.54, 1.807) is 0 Å². The van der Waals surface area contributed by atoms with Gasteiger partial charge in [0.05, 0.1) is 11.6 Å². The van der Waals surface area contributed by atoms with E-state index in [9.17, 15) is 8.42 Å². The average Bonchev–Trinajstić information content (AvgIpc) is 2.37. The van der Waals surface area contributed by atoms with Crippen molar-refractivity contribution in [3.8, 4) is 0 Å². The summed E-state index contributed by atoms with van der Waals surface area (Å²) in [6, 6.07) is 1.27. The third kappa shape index (κ3) is 4.15. The van der Waals surface area contributed by atoms with Crippen molar-refractivity contribution in [2.75, 3.05) is 26.8 Å². The maximum absolute atomic E-state index is 12.4. The van der Waals surface area contributed by atoms with Crippen molar-refractivity contribution < 1.29 is 13.2 Å². The van der Waals surface area contributed by atoms with Gasteiger partial charge in [0.1, 0.15) is 10.0 Å². The fraction of sp³-hybridized carbons (Fsp3) is 0.364. The molecule has 0 saturated heterocycles. The first kappa shape index (κ1) is 16.4. The standard InChI is InChI=1S/C11H14Cl2N2O3S/c1-3-4-15(5-6-18-2)19(16,17)9-7-10(12)11(13)14-8-9/h3,7-8H,1,4-6H2,2H3. The van der Waals surface area contributed by atoms with Crippen LogP contribution < -0.4 is 0 Å². The lowest BCUT2D eigenvalue weighted by Gasteiger charge is -2.20. The molecule has 0 amide bonds. The normalized spacial score (nSPS) is 11.8. The van der Waals surface area contributed by atoms with Gasteiger partial charge in [0, 0.05) is 26.4 Å². The summed E-state index contributed by atoms with van der Waals surface area (Å²) in [6.45, 7) is 4.20. The van der Waals surface area contributed by atoms with Crippen molar-refractivity contribution >= 4 is 33.2 Å². The zero-order valence-corrected chi connectivity index (χ0v) is 12.7. The molecular formula is C11H14Cl2N2O3S. The van der Waals surface area contributed by atoms with Gasteiger partial charge in [-0.2, -0.15) is 4.31 Å². The summed E-state index contributed by atoms with van der Waals surface area (Å²) in [7, 11) is -2.20. The number of halogens is 2. The summed E-state index contributed by atoms with van der Waals surface area (Å²) >= 11 is 11.5. The van der Waals surface area contributed by atoms with Gasteiger partial charge in [0.2, 0.25) is 10.0 Å². The lowest BCUT2D eigenvalue weighted by atomic mass is 10.5. The summed E-state index contributed by atoms with van der Waals surface area (Å²) < 4.78 is 30.9. The van der Waals surface area contributed by atoms with Gasteiger partial charge in [-0.05, 0) is 6.07 Å². The minimum absolute atomic E-state index is 0.0140. The zero-order chi connectivity index (χ0) is 14.5. The number of sulfonamides is 1. The van der Waals surface area contributed by atoms with Crippen LogP contribution in [0.4, 0.5) is 0 Å². The molecule has 0 fully saturated rings.